The first-order valence-corrected chi connectivity index (χ1v) is 8.48. The Morgan fingerprint density at radius 3 is 2.72 bits per heavy atom. The molecule has 7 heteroatoms. The number of aryl methyl sites for hydroxylation is 1. The second kappa shape index (κ2) is 7.14. The molecule has 1 amide bonds. The number of aromatic nitrogens is 2. The molecule has 3 aromatic rings. The summed E-state index contributed by atoms with van der Waals surface area (Å²) < 4.78 is 26.9. The van der Waals surface area contributed by atoms with Crippen molar-refractivity contribution in [1.29, 1.82) is 0 Å². The maximum absolute atomic E-state index is 13.7. The van der Waals surface area contributed by atoms with Gasteiger partial charge in [0, 0.05) is 11.5 Å². The lowest BCUT2D eigenvalue weighted by molar-refractivity contribution is -0.115. The molecule has 1 aromatic heterocycles. The summed E-state index contributed by atoms with van der Waals surface area (Å²) in [5.41, 5.74) is 0.613. The summed E-state index contributed by atoms with van der Waals surface area (Å²) in [4.78, 5) is 21.1. The van der Waals surface area contributed by atoms with E-state index in [1.807, 2.05) is 24.3 Å². The topological polar surface area (TPSA) is 54.9 Å². The maximum Gasteiger partial charge on any atom is 0.237 e. The van der Waals surface area contributed by atoms with Gasteiger partial charge in [-0.3, -0.25) is 4.79 Å². The number of carbonyl (C=O) groups excluding carboxylic acids is 1. The van der Waals surface area contributed by atoms with Crippen LogP contribution in [0.15, 0.2) is 47.5 Å². The average Bonchev–Trinajstić information content (AvgIpc) is 2.58. The van der Waals surface area contributed by atoms with Crippen LogP contribution in [0.3, 0.4) is 0 Å². The zero-order chi connectivity index (χ0) is 18.0. The van der Waals surface area contributed by atoms with E-state index in [1.165, 1.54) is 11.8 Å². The van der Waals surface area contributed by atoms with Gasteiger partial charge in [-0.15, -0.1) is 0 Å². The molecule has 3 rings (SSSR count). The van der Waals surface area contributed by atoms with Gasteiger partial charge in [0.15, 0.2) is 0 Å². The summed E-state index contributed by atoms with van der Waals surface area (Å²) in [5, 5.41) is 3.37. The molecule has 25 heavy (non-hydrogen) atoms. The zero-order valence-electron chi connectivity index (χ0n) is 13.6. The fourth-order valence-corrected chi connectivity index (χ4v) is 3.28. The Balaban J connectivity index is 1.81. The first-order valence-electron chi connectivity index (χ1n) is 7.60. The molecule has 1 atom stereocenters. The van der Waals surface area contributed by atoms with Crippen LogP contribution in [0.2, 0.25) is 0 Å². The van der Waals surface area contributed by atoms with Crippen molar-refractivity contribution >= 4 is 34.3 Å². The molecule has 128 valence electrons. The molecule has 0 unspecified atom stereocenters. The Morgan fingerprint density at radius 2 is 1.92 bits per heavy atom. The quantitative estimate of drug-likeness (QED) is 0.556. The van der Waals surface area contributed by atoms with Gasteiger partial charge in [-0.1, -0.05) is 30.0 Å². The molecule has 0 aliphatic carbocycles. The van der Waals surface area contributed by atoms with Crippen molar-refractivity contribution in [3.63, 3.8) is 0 Å². The van der Waals surface area contributed by atoms with Crippen LogP contribution >= 0.6 is 11.8 Å². The predicted molar refractivity (Wildman–Crippen MR) is 94.6 cm³/mol. The third-order valence-electron chi connectivity index (χ3n) is 3.52. The minimum Gasteiger partial charge on any atom is -0.323 e. The molecule has 4 nitrogen and oxygen atoms in total. The molecule has 0 bridgehead atoms. The Morgan fingerprint density at radius 1 is 1.16 bits per heavy atom. The Bertz CT molecular complexity index is 949. The monoisotopic (exact) mass is 359 g/mol. The van der Waals surface area contributed by atoms with E-state index in [1.54, 1.807) is 13.8 Å². The van der Waals surface area contributed by atoms with Crippen LogP contribution in [0.1, 0.15) is 12.7 Å². The normalized spacial score (nSPS) is 12.2. The number of thioether (sulfide) groups is 1. The summed E-state index contributed by atoms with van der Waals surface area (Å²) in [5.74, 6) is -1.13. The number of benzene rings is 2. The Hall–Kier alpha value is -2.54. The fourth-order valence-electron chi connectivity index (χ4n) is 2.30. The number of hydrogen-bond donors (Lipinski definition) is 1. The molecule has 0 spiro atoms. The largest absolute Gasteiger partial charge is 0.323 e. The van der Waals surface area contributed by atoms with Crippen LogP contribution in [0.5, 0.6) is 0 Å². The highest BCUT2D eigenvalue weighted by Crippen LogP contribution is 2.29. The smallest absolute Gasteiger partial charge is 0.237 e. The number of carbonyl (C=O) groups is 1. The Kier molecular flexibility index (Phi) is 4.94. The van der Waals surface area contributed by atoms with Crippen LogP contribution in [0, 0.1) is 18.6 Å². The number of halogens is 2. The Labute approximate surface area is 147 Å². The van der Waals surface area contributed by atoms with Crippen molar-refractivity contribution < 1.29 is 13.6 Å². The van der Waals surface area contributed by atoms with Crippen LogP contribution in [-0.2, 0) is 4.79 Å². The highest BCUT2D eigenvalue weighted by atomic mass is 32.2. The van der Waals surface area contributed by atoms with Crippen LogP contribution in [-0.4, -0.2) is 21.1 Å². The average molecular weight is 359 g/mol. The second-order valence-electron chi connectivity index (χ2n) is 5.47. The summed E-state index contributed by atoms with van der Waals surface area (Å²) in [6.45, 7) is 3.47. The molecule has 0 aliphatic heterocycles. The number of rotatable bonds is 4. The van der Waals surface area contributed by atoms with E-state index in [2.05, 4.69) is 15.3 Å². The lowest BCUT2D eigenvalue weighted by Crippen LogP contribution is -2.23. The van der Waals surface area contributed by atoms with E-state index in [0.29, 0.717) is 10.9 Å². The molecule has 2 aromatic carbocycles. The fraction of sp³-hybridized carbons (Fsp3) is 0.167. The molecule has 1 heterocycles. The third-order valence-corrected chi connectivity index (χ3v) is 4.63. The molecule has 0 aliphatic rings. The lowest BCUT2D eigenvalue weighted by Gasteiger charge is -2.13. The zero-order valence-corrected chi connectivity index (χ0v) is 14.4. The van der Waals surface area contributed by atoms with E-state index >= 15 is 0 Å². The molecule has 0 saturated heterocycles. The SMILES string of the molecule is Cc1nc(S[C@H](C)C(=O)Nc2cc(F)ccc2F)c2ccccc2n1. The van der Waals surface area contributed by atoms with Gasteiger partial charge in [0.05, 0.1) is 16.5 Å². The van der Waals surface area contributed by atoms with Crippen molar-refractivity contribution in [2.24, 2.45) is 0 Å². The van der Waals surface area contributed by atoms with E-state index < -0.39 is 22.8 Å². The summed E-state index contributed by atoms with van der Waals surface area (Å²) in [7, 11) is 0. The number of hydrogen-bond acceptors (Lipinski definition) is 4. The number of para-hydroxylation sites is 1. The van der Waals surface area contributed by atoms with Crippen molar-refractivity contribution in [3.8, 4) is 0 Å². The van der Waals surface area contributed by atoms with Gasteiger partial charge < -0.3 is 5.32 Å². The molecular weight excluding hydrogens is 344 g/mol. The number of nitrogens with one attached hydrogen (secondary N) is 1. The molecule has 1 N–H and O–H groups in total. The highest BCUT2D eigenvalue weighted by molar-refractivity contribution is 8.00. The van der Waals surface area contributed by atoms with Crippen molar-refractivity contribution in [2.75, 3.05) is 5.32 Å². The standard InChI is InChI=1S/C18H15F2N3OS/c1-10(17(24)23-16-9-12(19)7-8-14(16)20)25-18-13-5-3-4-6-15(13)21-11(2)22-18/h3-10H,1-2H3,(H,23,24)/t10-/m1/s1. The summed E-state index contributed by atoms with van der Waals surface area (Å²) >= 11 is 1.25. The molecular formula is C18H15F2N3OS. The van der Waals surface area contributed by atoms with E-state index in [9.17, 15) is 13.6 Å². The summed E-state index contributed by atoms with van der Waals surface area (Å²) in [6, 6.07) is 10.4. The van der Waals surface area contributed by atoms with Gasteiger partial charge in [0.25, 0.3) is 0 Å². The van der Waals surface area contributed by atoms with Crippen molar-refractivity contribution in [3.05, 3.63) is 59.9 Å². The first kappa shape index (κ1) is 17.3. The number of amides is 1. The minimum absolute atomic E-state index is 0.179. The van der Waals surface area contributed by atoms with Crippen molar-refractivity contribution in [1.82, 2.24) is 9.97 Å². The van der Waals surface area contributed by atoms with E-state index in [0.717, 1.165) is 29.1 Å². The lowest BCUT2D eigenvalue weighted by atomic mass is 10.2. The highest BCUT2D eigenvalue weighted by Gasteiger charge is 2.19. The molecule has 0 fully saturated rings. The van der Waals surface area contributed by atoms with Gasteiger partial charge in [-0.2, -0.15) is 0 Å². The minimum atomic E-state index is -0.685. The number of anilines is 1. The van der Waals surface area contributed by atoms with Gasteiger partial charge in [0.1, 0.15) is 22.5 Å². The molecule has 0 saturated carbocycles. The molecule has 0 radical (unpaired) electrons. The van der Waals surface area contributed by atoms with E-state index in [4.69, 9.17) is 0 Å². The predicted octanol–water partition coefficient (Wildman–Crippen LogP) is 4.34. The third kappa shape index (κ3) is 3.93. The van der Waals surface area contributed by atoms with Gasteiger partial charge in [0.2, 0.25) is 5.91 Å². The van der Waals surface area contributed by atoms with Crippen molar-refractivity contribution in [2.45, 2.75) is 24.1 Å². The van der Waals surface area contributed by atoms with Gasteiger partial charge >= 0.3 is 0 Å². The first-order chi connectivity index (χ1) is 11.9. The maximum atomic E-state index is 13.7. The van der Waals surface area contributed by atoms with Crippen LogP contribution in [0.25, 0.3) is 10.9 Å². The number of fused-ring (bicyclic) bond motifs is 1. The van der Waals surface area contributed by atoms with Crippen LogP contribution in [0.4, 0.5) is 14.5 Å². The van der Waals surface area contributed by atoms with E-state index in [-0.39, 0.29) is 5.69 Å². The summed E-state index contributed by atoms with van der Waals surface area (Å²) in [6.07, 6.45) is 0. The second-order valence-corrected chi connectivity index (χ2v) is 6.80. The van der Waals surface area contributed by atoms with Gasteiger partial charge in [-0.05, 0) is 32.0 Å². The van der Waals surface area contributed by atoms with Crippen LogP contribution < -0.4 is 5.32 Å². The van der Waals surface area contributed by atoms with Gasteiger partial charge in [-0.25, -0.2) is 18.7 Å². The number of nitrogens with zero attached hydrogens (tertiary/aromatic N) is 2.